The number of nitrogens with one attached hydrogen (secondary N) is 1. The normalized spacial score (nSPS) is 11.3. The van der Waals surface area contributed by atoms with E-state index in [1.807, 2.05) is 30.3 Å². The predicted molar refractivity (Wildman–Crippen MR) is 95.8 cm³/mol. The van der Waals surface area contributed by atoms with Crippen LogP contribution in [0.3, 0.4) is 0 Å². The molecule has 0 saturated heterocycles. The number of esters is 2. The van der Waals surface area contributed by atoms with E-state index in [2.05, 4.69) is 10.1 Å². The predicted octanol–water partition coefficient (Wildman–Crippen LogP) is 2.38. The number of hydrogen-bond acceptors (Lipinski definition) is 5. The van der Waals surface area contributed by atoms with Crippen LogP contribution < -0.4 is 5.32 Å². The quantitative estimate of drug-likeness (QED) is 0.771. The number of methoxy groups -OCH3 is 1. The lowest BCUT2D eigenvalue weighted by molar-refractivity contribution is -0.145. The number of benzene rings is 2. The van der Waals surface area contributed by atoms with Crippen LogP contribution in [0.4, 0.5) is 0 Å². The van der Waals surface area contributed by atoms with Crippen LogP contribution in [-0.2, 0) is 20.7 Å². The highest BCUT2D eigenvalue weighted by Crippen LogP contribution is 2.09. The summed E-state index contributed by atoms with van der Waals surface area (Å²) in [7, 11) is 1.27. The molecule has 1 unspecified atom stereocenters. The highest BCUT2D eigenvalue weighted by atomic mass is 16.5. The lowest BCUT2D eigenvalue weighted by Gasteiger charge is -2.17. The van der Waals surface area contributed by atoms with Gasteiger partial charge < -0.3 is 14.8 Å². The molecule has 0 fully saturated rings. The van der Waals surface area contributed by atoms with Gasteiger partial charge in [0.2, 0.25) is 0 Å². The molecule has 0 spiro atoms. The zero-order valence-electron chi connectivity index (χ0n) is 14.7. The maximum absolute atomic E-state index is 12.5. The molecule has 0 aliphatic carbocycles. The Balaban J connectivity index is 2.17. The van der Waals surface area contributed by atoms with Crippen molar-refractivity contribution < 1.29 is 23.9 Å². The van der Waals surface area contributed by atoms with Crippen molar-refractivity contribution in [2.75, 3.05) is 13.7 Å². The molecule has 0 aromatic heterocycles. The summed E-state index contributed by atoms with van der Waals surface area (Å²) in [4.78, 5) is 36.4. The number of ether oxygens (including phenoxy) is 2. The van der Waals surface area contributed by atoms with Gasteiger partial charge in [0, 0.05) is 12.0 Å². The summed E-state index contributed by atoms with van der Waals surface area (Å²) in [6, 6.07) is 14.6. The summed E-state index contributed by atoms with van der Waals surface area (Å²) in [6.07, 6.45) is 0.308. The first-order valence-electron chi connectivity index (χ1n) is 8.25. The Morgan fingerprint density at radius 2 is 1.69 bits per heavy atom. The Bertz CT molecular complexity index is 773. The molecule has 0 heterocycles. The maximum Gasteiger partial charge on any atom is 0.337 e. The molecule has 0 bridgehead atoms. The number of rotatable bonds is 7. The monoisotopic (exact) mass is 355 g/mol. The van der Waals surface area contributed by atoms with Crippen LogP contribution in [0.15, 0.2) is 54.6 Å². The van der Waals surface area contributed by atoms with Crippen LogP contribution in [0.2, 0.25) is 0 Å². The molecule has 2 aromatic carbocycles. The second-order valence-corrected chi connectivity index (χ2v) is 5.54. The zero-order chi connectivity index (χ0) is 18.9. The molecule has 1 N–H and O–H groups in total. The molecular formula is C20H21NO5. The van der Waals surface area contributed by atoms with E-state index in [1.54, 1.807) is 25.1 Å². The van der Waals surface area contributed by atoms with Crippen LogP contribution >= 0.6 is 0 Å². The van der Waals surface area contributed by atoms with Gasteiger partial charge in [-0.2, -0.15) is 0 Å². The molecule has 0 saturated carbocycles. The smallest absolute Gasteiger partial charge is 0.337 e. The highest BCUT2D eigenvalue weighted by molar-refractivity contribution is 5.99. The van der Waals surface area contributed by atoms with Gasteiger partial charge in [-0.25, -0.2) is 9.59 Å². The molecule has 2 rings (SSSR count). The first kappa shape index (κ1) is 19.2. The Kier molecular flexibility index (Phi) is 6.91. The molecular weight excluding hydrogens is 334 g/mol. The van der Waals surface area contributed by atoms with Gasteiger partial charge in [-0.1, -0.05) is 36.4 Å². The van der Waals surface area contributed by atoms with Gasteiger partial charge in [-0.15, -0.1) is 0 Å². The van der Waals surface area contributed by atoms with E-state index in [9.17, 15) is 14.4 Å². The summed E-state index contributed by atoms with van der Waals surface area (Å²) in [5.74, 6) is -1.51. The molecule has 2 aromatic rings. The zero-order valence-corrected chi connectivity index (χ0v) is 14.7. The van der Waals surface area contributed by atoms with Crippen molar-refractivity contribution in [3.05, 3.63) is 71.3 Å². The van der Waals surface area contributed by atoms with E-state index in [1.165, 1.54) is 13.2 Å². The molecule has 0 aliphatic rings. The minimum atomic E-state index is -0.827. The Hall–Kier alpha value is -3.15. The molecule has 26 heavy (non-hydrogen) atoms. The van der Waals surface area contributed by atoms with E-state index < -0.39 is 23.9 Å². The fourth-order valence-corrected chi connectivity index (χ4v) is 2.43. The van der Waals surface area contributed by atoms with E-state index in [-0.39, 0.29) is 17.7 Å². The van der Waals surface area contributed by atoms with E-state index in [0.29, 0.717) is 6.42 Å². The summed E-state index contributed by atoms with van der Waals surface area (Å²) in [5, 5.41) is 2.68. The molecule has 0 radical (unpaired) electrons. The summed E-state index contributed by atoms with van der Waals surface area (Å²) >= 11 is 0. The molecule has 6 nitrogen and oxygen atoms in total. The molecule has 1 amide bonds. The first-order chi connectivity index (χ1) is 12.5. The van der Waals surface area contributed by atoms with Crippen LogP contribution in [0.5, 0.6) is 0 Å². The Morgan fingerprint density at radius 3 is 2.35 bits per heavy atom. The van der Waals surface area contributed by atoms with Crippen LogP contribution in [0.25, 0.3) is 0 Å². The average Bonchev–Trinajstić information content (AvgIpc) is 2.67. The summed E-state index contributed by atoms with van der Waals surface area (Å²) in [5.41, 5.74) is 1.42. The minimum Gasteiger partial charge on any atom is -0.465 e. The van der Waals surface area contributed by atoms with Gasteiger partial charge in [-0.05, 0) is 30.7 Å². The maximum atomic E-state index is 12.5. The third-order valence-electron chi connectivity index (χ3n) is 3.70. The van der Waals surface area contributed by atoms with Gasteiger partial charge in [0.15, 0.2) is 0 Å². The summed E-state index contributed by atoms with van der Waals surface area (Å²) < 4.78 is 9.72. The highest BCUT2D eigenvalue weighted by Gasteiger charge is 2.23. The molecule has 1 atom stereocenters. The van der Waals surface area contributed by atoms with Gasteiger partial charge in [0.05, 0.1) is 19.3 Å². The van der Waals surface area contributed by atoms with Gasteiger partial charge >= 0.3 is 11.9 Å². The lowest BCUT2D eigenvalue weighted by Crippen LogP contribution is -2.43. The van der Waals surface area contributed by atoms with Crippen LogP contribution in [0.1, 0.15) is 33.2 Å². The van der Waals surface area contributed by atoms with Gasteiger partial charge in [-0.3, -0.25) is 4.79 Å². The molecule has 136 valence electrons. The van der Waals surface area contributed by atoms with Crippen LogP contribution in [0, 0.1) is 0 Å². The lowest BCUT2D eigenvalue weighted by atomic mass is 10.0. The fourth-order valence-electron chi connectivity index (χ4n) is 2.43. The van der Waals surface area contributed by atoms with Gasteiger partial charge in [0.25, 0.3) is 5.91 Å². The third kappa shape index (κ3) is 5.17. The van der Waals surface area contributed by atoms with Crippen LogP contribution in [-0.4, -0.2) is 37.6 Å². The number of amides is 1. The average molecular weight is 355 g/mol. The standard InChI is InChI=1S/C20H21NO5/c1-3-26-20(24)17(12-14-8-5-4-6-9-14)21-18(22)15-10-7-11-16(13-15)19(23)25-2/h4-11,13,17H,3,12H2,1-2H3,(H,21,22). The van der Waals surface area contributed by atoms with Gasteiger partial charge in [0.1, 0.15) is 6.04 Å². The second-order valence-electron chi connectivity index (χ2n) is 5.54. The van der Waals surface area contributed by atoms with E-state index >= 15 is 0 Å². The first-order valence-corrected chi connectivity index (χ1v) is 8.25. The van der Waals surface area contributed by atoms with E-state index in [4.69, 9.17) is 4.74 Å². The van der Waals surface area contributed by atoms with Crippen molar-refractivity contribution in [1.29, 1.82) is 0 Å². The van der Waals surface area contributed by atoms with Crippen molar-refractivity contribution in [3.63, 3.8) is 0 Å². The SMILES string of the molecule is CCOC(=O)C(Cc1ccccc1)NC(=O)c1cccc(C(=O)OC)c1. The minimum absolute atomic E-state index is 0.220. The van der Waals surface area contributed by atoms with Crippen molar-refractivity contribution in [1.82, 2.24) is 5.32 Å². The molecule has 6 heteroatoms. The second kappa shape index (κ2) is 9.36. The van der Waals surface area contributed by atoms with Crippen molar-refractivity contribution >= 4 is 17.8 Å². The number of carbonyl (C=O) groups excluding carboxylic acids is 3. The van der Waals surface area contributed by atoms with Crippen molar-refractivity contribution in [2.24, 2.45) is 0 Å². The van der Waals surface area contributed by atoms with E-state index in [0.717, 1.165) is 5.56 Å². The summed E-state index contributed by atoms with van der Waals surface area (Å²) in [6.45, 7) is 1.93. The number of hydrogen-bond donors (Lipinski definition) is 1. The molecule has 0 aliphatic heterocycles. The Labute approximate surface area is 152 Å². The fraction of sp³-hybridized carbons (Fsp3) is 0.250. The van der Waals surface area contributed by atoms with Crippen molar-refractivity contribution in [3.8, 4) is 0 Å². The topological polar surface area (TPSA) is 81.7 Å². The Morgan fingerprint density at radius 1 is 1.00 bits per heavy atom. The number of carbonyl (C=O) groups is 3. The van der Waals surface area contributed by atoms with Crippen molar-refractivity contribution in [2.45, 2.75) is 19.4 Å². The third-order valence-corrected chi connectivity index (χ3v) is 3.70. The largest absolute Gasteiger partial charge is 0.465 e.